The summed E-state index contributed by atoms with van der Waals surface area (Å²) in [6.07, 6.45) is 2.32. The molecule has 0 radical (unpaired) electrons. The van der Waals surface area contributed by atoms with Gasteiger partial charge in [-0.1, -0.05) is 6.07 Å². The Labute approximate surface area is 72.6 Å². The predicted octanol–water partition coefficient (Wildman–Crippen LogP) is 1.83. The Bertz CT molecular complexity index is 305. The molecule has 0 spiro atoms. The molecule has 1 heterocycles. The van der Waals surface area contributed by atoms with E-state index in [1.54, 1.807) is 6.92 Å². The van der Waals surface area contributed by atoms with Crippen molar-refractivity contribution >= 4 is 5.78 Å². The van der Waals surface area contributed by atoms with Crippen LogP contribution in [-0.2, 0) is 11.2 Å². The lowest BCUT2D eigenvalue weighted by atomic mass is 10.1. The van der Waals surface area contributed by atoms with Gasteiger partial charge in [0.25, 0.3) is 0 Å². The molecule has 0 N–H and O–H groups in total. The molecule has 1 rings (SSSR count). The second-order valence-corrected chi connectivity index (χ2v) is 3.14. The fourth-order valence-corrected chi connectivity index (χ4v) is 1.15. The number of pyridine rings is 1. The number of hydrogen-bond donors (Lipinski definition) is 0. The van der Waals surface area contributed by atoms with Crippen molar-refractivity contribution in [3.63, 3.8) is 0 Å². The maximum Gasteiger partial charge on any atom is 0.134 e. The maximum atomic E-state index is 10.8. The van der Waals surface area contributed by atoms with Gasteiger partial charge in [0.1, 0.15) is 5.78 Å². The van der Waals surface area contributed by atoms with Crippen molar-refractivity contribution in [3.8, 4) is 0 Å². The summed E-state index contributed by atoms with van der Waals surface area (Å²) in [6, 6.07) is 2.02. The summed E-state index contributed by atoms with van der Waals surface area (Å²) in [5.74, 6) is 0.186. The van der Waals surface area contributed by atoms with Crippen molar-refractivity contribution in [3.05, 3.63) is 29.1 Å². The van der Waals surface area contributed by atoms with Gasteiger partial charge in [0, 0.05) is 18.3 Å². The lowest BCUT2D eigenvalue weighted by Gasteiger charge is -2.02. The minimum absolute atomic E-state index is 0.186. The number of nitrogens with zero attached hydrogens (tertiary/aromatic N) is 1. The highest BCUT2D eigenvalue weighted by molar-refractivity contribution is 5.78. The zero-order valence-corrected chi connectivity index (χ0v) is 7.72. The Hall–Kier alpha value is -1.18. The summed E-state index contributed by atoms with van der Waals surface area (Å²) in [5.41, 5.74) is 3.11. The standard InChI is InChI=1S/C10H13NO/c1-7-4-10(5-8(2)12)9(3)11-6-7/h4,6H,5H2,1-3H3. The van der Waals surface area contributed by atoms with Crippen molar-refractivity contribution in [2.24, 2.45) is 0 Å². The van der Waals surface area contributed by atoms with Crippen LogP contribution in [0.3, 0.4) is 0 Å². The van der Waals surface area contributed by atoms with E-state index in [0.717, 1.165) is 16.8 Å². The number of rotatable bonds is 2. The van der Waals surface area contributed by atoms with E-state index in [-0.39, 0.29) is 5.78 Å². The molecule has 1 aromatic rings. The van der Waals surface area contributed by atoms with E-state index < -0.39 is 0 Å². The first kappa shape index (κ1) is 8.91. The number of carbonyl (C=O) groups is 1. The van der Waals surface area contributed by atoms with Gasteiger partial charge in [0.2, 0.25) is 0 Å². The van der Waals surface area contributed by atoms with Gasteiger partial charge >= 0.3 is 0 Å². The van der Waals surface area contributed by atoms with Crippen molar-refractivity contribution in [1.82, 2.24) is 4.98 Å². The van der Waals surface area contributed by atoms with Gasteiger partial charge in [-0.3, -0.25) is 9.78 Å². The van der Waals surface area contributed by atoms with E-state index in [4.69, 9.17) is 0 Å². The van der Waals surface area contributed by atoms with Gasteiger partial charge in [-0.05, 0) is 31.9 Å². The van der Waals surface area contributed by atoms with Crippen LogP contribution < -0.4 is 0 Å². The topological polar surface area (TPSA) is 30.0 Å². The molecule has 0 fully saturated rings. The molecule has 0 amide bonds. The smallest absolute Gasteiger partial charge is 0.134 e. The third-order valence-electron chi connectivity index (χ3n) is 1.77. The summed E-state index contributed by atoms with van der Waals surface area (Å²) in [5, 5.41) is 0. The highest BCUT2D eigenvalue weighted by atomic mass is 16.1. The Morgan fingerprint density at radius 2 is 2.17 bits per heavy atom. The van der Waals surface area contributed by atoms with Crippen molar-refractivity contribution in [2.45, 2.75) is 27.2 Å². The Morgan fingerprint density at radius 1 is 1.50 bits per heavy atom. The van der Waals surface area contributed by atoms with E-state index in [0.29, 0.717) is 6.42 Å². The van der Waals surface area contributed by atoms with Crippen LogP contribution in [0.1, 0.15) is 23.7 Å². The van der Waals surface area contributed by atoms with Gasteiger partial charge in [-0.2, -0.15) is 0 Å². The lowest BCUT2D eigenvalue weighted by molar-refractivity contribution is -0.116. The normalized spacial score (nSPS) is 9.92. The molecule has 0 aliphatic rings. The minimum Gasteiger partial charge on any atom is -0.300 e. The monoisotopic (exact) mass is 163 g/mol. The summed E-state index contributed by atoms with van der Waals surface area (Å²) >= 11 is 0. The van der Waals surface area contributed by atoms with Crippen molar-refractivity contribution in [2.75, 3.05) is 0 Å². The van der Waals surface area contributed by atoms with E-state index in [1.165, 1.54) is 0 Å². The minimum atomic E-state index is 0.186. The molecular weight excluding hydrogens is 150 g/mol. The zero-order chi connectivity index (χ0) is 9.14. The number of carbonyl (C=O) groups excluding carboxylic acids is 1. The number of hydrogen-bond acceptors (Lipinski definition) is 2. The maximum absolute atomic E-state index is 10.8. The third-order valence-corrected chi connectivity index (χ3v) is 1.77. The van der Waals surface area contributed by atoms with Gasteiger partial charge < -0.3 is 0 Å². The quantitative estimate of drug-likeness (QED) is 0.665. The zero-order valence-electron chi connectivity index (χ0n) is 7.72. The van der Waals surface area contributed by atoms with Gasteiger partial charge in [-0.15, -0.1) is 0 Å². The fourth-order valence-electron chi connectivity index (χ4n) is 1.15. The summed E-state index contributed by atoms with van der Waals surface area (Å²) in [4.78, 5) is 15.0. The van der Waals surface area contributed by atoms with E-state index in [9.17, 15) is 4.79 Å². The Balaban J connectivity index is 2.97. The second kappa shape index (κ2) is 3.48. The molecule has 0 aliphatic heterocycles. The molecule has 0 saturated heterocycles. The molecule has 2 nitrogen and oxygen atoms in total. The summed E-state index contributed by atoms with van der Waals surface area (Å²) in [7, 11) is 0. The first-order valence-electron chi connectivity index (χ1n) is 4.01. The molecule has 0 aliphatic carbocycles. The number of Topliss-reactive ketones (excluding diaryl/α,β-unsaturated/α-hetero) is 1. The van der Waals surface area contributed by atoms with E-state index >= 15 is 0 Å². The highest BCUT2D eigenvalue weighted by Gasteiger charge is 2.02. The molecule has 0 aromatic carbocycles. The van der Waals surface area contributed by atoms with Crippen LogP contribution in [0, 0.1) is 13.8 Å². The molecule has 12 heavy (non-hydrogen) atoms. The molecule has 0 saturated carbocycles. The van der Waals surface area contributed by atoms with Crippen LogP contribution in [0.5, 0.6) is 0 Å². The average Bonchev–Trinajstić information content (AvgIpc) is 1.96. The molecule has 0 unspecified atom stereocenters. The molecule has 0 atom stereocenters. The third kappa shape index (κ3) is 2.16. The fraction of sp³-hybridized carbons (Fsp3) is 0.400. The van der Waals surface area contributed by atoms with Crippen molar-refractivity contribution < 1.29 is 4.79 Å². The van der Waals surface area contributed by atoms with Gasteiger partial charge in [0.15, 0.2) is 0 Å². The Morgan fingerprint density at radius 3 is 2.75 bits per heavy atom. The predicted molar refractivity (Wildman–Crippen MR) is 48.1 cm³/mol. The average molecular weight is 163 g/mol. The molecule has 0 bridgehead atoms. The van der Waals surface area contributed by atoms with E-state index in [1.807, 2.05) is 26.1 Å². The molecule has 64 valence electrons. The number of ketones is 1. The van der Waals surface area contributed by atoms with Crippen molar-refractivity contribution in [1.29, 1.82) is 0 Å². The molecule has 2 heteroatoms. The van der Waals surface area contributed by atoms with E-state index in [2.05, 4.69) is 4.98 Å². The van der Waals surface area contributed by atoms with Crippen LogP contribution >= 0.6 is 0 Å². The first-order chi connectivity index (χ1) is 5.59. The summed E-state index contributed by atoms with van der Waals surface area (Å²) < 4.78 is 0. The van der Waals surface area contributed by atoms with Gasteiger partial charge in [-0.25, -0.2) is 0 Å². The summed E-state index contributed by atoms with van der Waals surface area (Å²) in [6.45, 7) is 5.51. The first-order valence-corrected chi connectivity index (χ1v) is 4.01. The van der Waals surface area contributed by atoms with Crippen LogP contribution in [0.25, 0.3) is 0 Å². The van der Waals surface area contributed by atoms with Crippen LogP contribution in [0.4, 0.5) is 0 Å². The number of aromatic nitrogens is 1. The number of aryl methyl sites for hydroxylation is 2. The Kier molecular flexibility index (Phi) is 2.58. The highest BCUT2D eigenvalue weighted by Crippen LogP contribution is 2.08. The molecule has 1 aromatic heterocycles. The SMILES string of the molecule is CC(=O)Cc1cc(C)cnc1C. The van der Waals surface area contributed by atoms with Crippen LogP contribution in [-0.4, -0.2) is 10.8 Å². The van der Waals surface area contributed by atoms with Gasteiger partial charge in [0.05, 0.1) is 0 Å². The van der Waals surface area contributed by atoms with Crippen LogP contribution in [0.15, 0.2) is 12.3 Å². The van der Waals surface area contributed by atoms with Crippen LogP contribution in [0.2, 0.25) is 0 Å². The lowest BCUT2D eigenvalue weighted by Crippen LogP contribution is -2.00. The largest absolute Gasteiger partial charge is 0.300 e. The second-order valence-electron chi connectivity index (χ2n) is 3.14. The molecular formula is C10H13NO.